The predicted molar refractivity (Wildman–Crippen MR) is 92.4 cm³/mol. The van der Waals surface area contributed by atoms with E-state index in [1.807, 2.05) is 26.8 Å². The number of fused-ring (bicyclic) bond motifs is 1. The van der Waals surface area contributed by atoms with Gasteiger partial charge in [-0.1, -0.05) is 11.6 Å². The fraction of sp³-hybridized carbons (Fsp3) is 0.500. The zero-order chi connectivity index (χ0) is 17.4. The van der Waals surface area contributed by atoms with Crippen LogP contribution in [-0.2, 0) is 16.0 Å². The highest BCUT2D eigenvalue weighted by molar-refractivity contribution is 6.33. The molecular weight excluding hydrogens is 330 g/mol. The zero-order valence-corrected chi connectivity index (χ0v) is 14.9. The van der Waals surface area contributed by atoms with Crippen molar-refractivity contribution in [3.05, 3.63) is 34.0 Å². The van der Waals surface area contributed by atoms with Gasteiger partial charge in [0.25, 0.3) is 0 Å². The van der Waals surface area contributed by atoms with Gasteiger partial charge in [-0.25, -0.2) is 0 Å². The number of hydrogen-bond donors (Lipinski definition) is 1. The molecule has 130 valence electrons. The number of hydrogen-bond acceptors (Lipinski definition) is 4. The fourth-order valence-electron chi connectivity index (χ4n) is 3.43. The third-order valence-electron chi connectivity index (χ3n) is 4.72. The van der Waals surface area contributed by atoms with E-state index in [4.69, 9.17) is 20.8 Å². The number of benzene rings is 1. The summed E-state index contributed by atoms with van der Waals surface area (Å²) in [6, 6.07) is 1.61. The Hall–Kier alpha value is -1.56. The molecule has 1 saturated heterocycles. The summed E-state index contributed by atoms with van der Waals surface area (Å²) in [7, 11) is 0. The predicted octanol–water partition coefficient (Wildman–Crippen LogP) is 2.85. The van der Waals surface area contributed by atoms with Gasteiger partial charge in [-0.3, -0.25) is 4.79 Å². The number of aryl methyl sites for hydroxylation is 2. The average Bonchev–Trinajstić information content (AvgIpc) is 3.13. The molecule has 2 heterocycles. The molecule has 0 saturated carbocycles. The smallest absolute Gasteiger partial charge is 0.227 e. The van der Waals surface area contributed by atoms with Crippen LogP contribution in [0.4, 0.5) is 0 Å². The molecule has 1 amide bonds. The molecule has 6 heteroatoms. The summed E-state index contributed by atoms with van der Waals surface area (Å²) in [6.45, 7) is 6.95. The number of amides is 1. The summed E-state index contributed by atoms with van der Waals surface area (Å²) in [5.74, 6) is -0.0501. The minimum atomic E-state index is -0.631. The van der Waals surface area contributed by atoms with Gasteiger partial charge in [-0.2, -0.15) is 0 Å². The first-order valence-corrected chi connectivity index (χ1v) is 8.52. The Bertz CT molecular complexity index is 770. The van der Waals surface area contributed by atoms with Crippen LogP contribution in [-0.4, -0.2) is 47.8 Å². The lowest BCUT2D eigenvalue weighted by atomic mass is 10.0. The standard InChI is InChI=1S/C18H22ClNO4/c1-4-20(13-8-23-9-14(13)21)16(22)6-12-7-24-15-5-10(2)18(19)11(3)17(12)15/h5,7,13-14,21H,4,6,8-9H2,1-3H3/t13-,14-/m0/s1. The van der Waals surface area contributed by atoms with E-state index < -0.39 is 6.10 Å². The number of carbonyl (C=O) groups is 1. The quantitative estimate of drug-likeness (QED) is 0.920. The largest absolute Gasteiger partial charge is 0.464 e. The van der Waals surface area contributed by atoms with Gasteiger partial charge in [-0.05, 0) is 38.0 Å². The maximum absolute atomic E-state index is 12.8. The van der Waals surface area contributed by atoms with Gasteiger partial charge in [0.2, 0.25) is 5.91 Å². The van der Waals surface area contributed by atoms with Crippen molar-refractivity contribution in [2.75, 3.05) is 19.8 Å². The SMILES string of the molecule is CCN(C(=O)Cc1coc2cc(C)c(Cl)c(C)c12)[C@H]1COC[C@@H]1O. The summed E-state index contributed by atoms with van der Waals surface area (Å²) in [6.07, 6.45) is 1.21. The molecule has 2 atom stereocenters. The number of aliphatic hydroxyl groups is 1. The molecule has 1 aliphatic heterocycles. The minimum absolute atomic E-state index is 0.0501. The monoisotopic (exact) mass is 351 g/mol. The third kappa shape index (κ3) is 2.92. The van der Waals surface area contributed by atoms with Crippen molar-refractivity contribution in [1.82, 2.24) is 4.90 Å². The molecule has 3 rings (SSSR count). The highest BCUT2D eigenvalue weighted by Crippen LogP contribution is 2.33. The Balaban J connectivity index is 1.89. The number of rotatable bonds is 4. The number of nitrogens with zero attached hydrogens (tertiary/aromatic N) is 1. The molecule has 1 fully saturated rings. The number of ether oxygens (including phenoxy) is 1. The van der Waals surface area contributed by atoms with E-state index >= 15 is 0 Å². The molecule has 5 nitrogen and oxygen atoms in total. The van der Waals surface area contributed by atoms with Crippen molar-refractivity contribution in [2.24, 2.45) is 0 Å². The van der Waals surface area contributed by atoms with Gasteiger partial charge >= 0.3 is 0 Å². The van der Waals surface area contributed by atoms with E-state index in [9.17, 15) is 9.90 Å². The Morgan fingerprint density at radius 2 is 2.17 bits per heavy atom. The third-order valence-corrected chi connectivity index (χ3v) is 5.30. The van der Waals surface area contributed by atoms with Crippen LogP contribution in [0, 0.1) is 13.8 Å². The number of carbonyl (C=O) groups excluding carboxylic acids is 1. The number of aliphatic hydroxyl groups excluding tert-OH is 1. The maximum Gasteiger partial charge on any atom is 0.227 e. The van der Waals surface area contributed by atoms with E-state index in [1.54, 1.807) is 11.2 Å². The Morgan fingerprint density at radius 1 is 1.42 bits per heavy atom. The van der Waals surface area contributed by atoms with Crippen LogP contribution in [0.15, 0.2) is 16.7 Å². The summed E-state index contributed by atoms with van der Waals surface area (Å²) in [4.78, 5) is 14.4. The van der Waals surface area contributed by atoms with Crippen LogP contribution in [0.2, 0.25) is 5.02 Å². The topological polar surface area (TPSA) is 62.9 Å². The van der Waals surface area contributed by atoms with Crippen LogP contribution < -0.4 is 0 Å². The van der Waals surface area contributed by atoms with E-state index in [0.29, 0.717) is 18.2 Å². The van der Waals surface area contributed by atoms with Crippen LogP contribution in [0.25, 0.3) is 11.0 Å². The summed E-state index contributed by atoms with van der Waals surface area (Å²) < 4.78 is 10.9. The highest BCUT2D eigenvalue weighted by atomic mass is 35.5. The second-order valence-electron chi connectivity index (χ2n) is 6.30. The molecule has 1 aromatic carbocycles. The first-order chi connectivity index (χ1) is 11.4. The van der Waals surface area contributed by atoms with Gasteiger partial charge in [-0.15, -0.1) is 0 Å². The normalized spacial score (nSPS) is 20.7. The first-order valence-electron chi connectivity index (χ1n) is 8.15. The molecule has 0 unspecified atom stereocenters. The summed E-state index contributed by atoms with van der Waals surface area (Å²) >= 11 is 6.35. The lowest BCUT2D eigenvalue weighted by molar-refractivity contribution is -0.134. The molecule has 1 aliphatic rings. The minimum Gasteiger partial charge on any atom is -0.464 e. The molecule has 0 spiro atoms. The fourth-order valence-corrected chi connectivity index (χ4v) is 3.58. The second-order valence-corrected chi connectivity index (χ2v) is 6.67. The zero-order valence-electron chi connectivity index (χ0n) is 14.1. The lowest BCUT2D eigenvalue weighted by Crippen LogP contribution is -2.47. The van der Waals surface area contributed by atoms with Gasteiger partial charge in [0, 0.05) is 22.5 Å². The molecule has 2 aromatic rings. The van der Waals surface area contributed by atoms with Gasteiger partial charge in [0.1, 0.15) is 5.58 Å². The maximum atomic E-state index is 12.8. The lowest BCUT2D eigenvalue weighted by Gasteiger charge is -2.28. The average molecular weight is 352 g/mol. The van der Waals surface area contributed by atoms with Crippen molar-refractivity contribution < 1.29 is 19.1 Å². The summed E-state index contributed by atoms with van der Waals surface area (Å²) in [5.41, 5.74) is 3.44. The van der Waals surface area contributed by atoms with Crippen molar-refractivity contribution >= 4 is 28.5 Å². The van der Waals surface area contributed by atoms with Crippen LogP contribution in [0.1, 0.15) is 23.6 Å². The first kappa shape index (κ1) is 17.3. The van der Waals surface area contributed by atoms with Gasteiger partial charge < -0.3 is 19.2 Å². The van der Waals surface area contributed by atoms with Crippen molar-refractivity contribution in [2.45, 2.75) is 39.3 Å². The summed E-state index contributed by atoms with van der Waals surface area (Å²) in [5, 5.41) is 11.6. The molecule has 0 radical (unpaired) electrons. The molecule has 24 heavy (non-hydrogen) atoms. The van der Waals surface area contributed by atoms with Crippen molar-refractivity contribution in [3.63, 3.8) is 0 Å². The highest BCUT2D eigenvalue weighted by Gasteiger charge is 2.33. The van der Waals surface area contributed by atoms with E-state index in [1.165, 1.54) is 0 Å². The molecule has 0 bridgehead atoms. The van der Waals surface area contributed by atoms with E-state index in [0.717, 1.165) is 27.7 Å². The second kappa shape index (κ2) is 6.75. The number of likely N-dealkylation sites (N-methyl/N-ethyl adjacent to an activating group) is 1. The molecule has 1 N–H and O–H groups in total. The van der Waals surface area contributed by atoms with Crippen LogP contribution >= 0.6 is 11.6 Å². The van der Waals surface area contributed by atoms with Crippen LogP contribution in [0.5, 0.6) is 0 Å². The Morgan fingerprint density at radius 3 is 2.79 bits per heavy atom. The van der Waals surface area contributed by atoms with E-state index in [-0.39, 0.29) is 25.0 Å². The van der Waals surface area contributed by atoms with Crippen LogP contribution in [0.3, 0.4) is 0 Å². The van der Waals surface area contributed by atoms with E-state index in [2.05, 4.69) is 0 Å². The molecule has 0 aliphatic carbocycles. The number of halogens is 1. The molecular formula is C18H22ClNO4. The Kier molecular flexibility index (Phi) is 4.85. The van der Waals surface area contributed by atoms with Gasteiger partial charge in [0.05, 0.1) is 38.0 Å². The molecule has 1 aromatic heterocycles. The Labute approximate surface area is 146 Å². The van der Waals surface area contributed by atoms with Crippen molar-refractivity contribution in [1.29, 1.82) is 0 Å². The van der Waals surface area contributed by atoms with Gasteiger partial charge in [0.15, 0.2) is 0 Å². The number of furan rings is 1. The van der Waals surface area contributed by atoms with Crippen molar-refractivity contribution in [3.8, 4) is 0 Å².